The zero-order valence-corrected chi connectivity index (χ0v) is 13.1. The van der Waals surface area contributed by atoms with E-state index in [1.165, 1.54) is 5.56 Å². The second-order valence-corrected chi connectivity index (χ2v) is 5.61. The summed E-state index contributed by atoms with van der Waals surface area (Å²) < 4.78 is 3.05. The number of halogens is 1. The van der Waals surface area contributed by atoms with Gasteiger partial charge in [-0.2, -0.15) is 5.10 Å². The van der Waals surface area contributed by atoms with Crippen molar-refractivity contribution in [3.63, 3.8) is 0 Å². The highest BCUT2D eigenvalue weighted by atomic mass is 79.9. The molecule has 1 aromatic heterocycles. The van der Waals surface area contributed by atoms with Crippen LogP contribution in [0.1, 0.15) is 42.0 Å². The largest absolute Gasteiger partial charge is 0.388 e. The molecular weight excluding hydrogens is 304 g/mol. The van der Waals surface area contributed by atoms with E-state index in [9.17, 15) is 5.11 Å². The van der Waals surface area contributed by atoms with Gasteiger partial charge in [0.2, 0.25) is 0 Å². The van der Waals surface area contributed by atoms with Crippen molar-refractivity contribution in [2.45, 2.75) is 39.8 Å². The SMILES string of the molecule is CCC(O)c1c(C)nn(Cc2ccccc2Br)c1C. The number of aryl methyl sites for hydroxylation is 1. The Hall–Kier alpha value is -1.13. The van der Waals surface area contributed by atoms with Gasteiger partial charge in [-0.05, 0) is 31.9 Å². The maximum atomic E-state index is 10.1. The van der Waals surface area contributed by atoms with Crippen molar-refractivity contribution in [1.82, 2.24) is 9.78 Å². The van der Waals surface area contributed by atoms with Crippen molar-refractivity contribution in [3.8, 4) is 0 Å². The Bertz CT molecular complexity index is 578. The number of benzene rings is 1. The Morgan fingerprint density at radius 1 is 1.32 bits per heavy atom. The van der Waals surface area contributed by atoms with Crippen molar-refractivity contribution in [1.29, 1.82) is 0 Å². The van der Waals surface area contributed by atoms with Gasteiger partial charge in [0.05, 0.1) is 18.3 Å². The maximum Gasteiger partial charge on any atom is 0.0823 e. The molecule has 0 fully saturated rings. The molecule has 0 radical (unpaired) electrons. The van der Waals surface area contributed by atoms with Gasteiger partial charge in [0.15, 0.2) is 0 Å². The van der Waals surface area contributed by atoms with Gasteiger partial charge in [-0.25, -0.2) is 0 Å². The summed E-state index contributed by atoms with van der Waals surface area (Å²) in [4.78, 5) is 0. The van der Waals surface area contributed by atoms with E-state index in [1.54, 1.807) is 0 Å². The van der Waals surface area contributed by atoms with Crippen LogP contribution < -0.4 is 0 Å². The number of rotatable bonds is 4. The van der Waals surface area contributed by atoms with Crippen molar-refractivity contribution in [3.05, 3.63) is 51.3 Å². The fourth-order valence-electron chi connectivity index (χ4n) is 2.34. The van der Waals surface area contributed by atoms with Crippen LogP contribution in [0.2, 0.25) is 0 Å². The average Bonchev–Trinajstić information content (AvgIpc) is 2.66. The van der Waals surface area contributed by atoms with Crippen LogP contribution >= 0.6 is 15.9 Å². The molecule has 0 amide bonds. The molecule has 1 unspecified atom stereocenters. The van der Waals surface area contributed by atoms with Gasteiger partial charge in [0.1, 0.15) is 0 Å². The number of hydrogen-bond acceptors (Lipinski definition) is 2. The molecule has 0 saturated carbocycles. The summed E-state index contributed by atoms with van der Waals surface area (Å²) >= 11 is 3.56. The molecule has 0 bridgehead atoms. The van der Waals surface area contributed by atoms with Gasteiger partial charge < -0.3 is 5.11 Å². The van der Waals surface area contributed by atoms with Gasteiger partial charge >= 0.3 is 0 Å². The lowest BCUT2D eigenvalue weighted by Crippen LogP contribution is -2.05. The van der Waals surface area contributed by atoms with Crippen molar-refractivity contribution in [2.24, 2.45) is 0 Å². The molecule has 0 spiro atoms. The quantitative estimate of drug-likeness (QED) is 0.930. The molecule has 1 atom stereocenters. The van der Waals surface area contributed by atoms with Gasteiger partial charge in [-0.15, -0.1) is 0 Å². The average molecular weight is 323 g/mol. The Labute approximate surface area is 122 Å². The molecule has 0 aliphatic rings. The monoisotopic (exact) mass is 322 g/mol. The minimum absolute atomic E-state index is 0.423. The normalized spacial score (nSPS) is 12.7. The molecule has 2 rings (SSSR count). The molecule has 0 aliphatic heterocycles. The number of nitrogens with zero attached hydrogens (tertiary/aromatic N) is 2. The van der Waals surface area contributed by atoms with E-state index in [1.807, 2.05) is 43.7 Å². The van der Waals surface area contributed by atoms with E-state index in [4.69, 9.17) is 0 Å². The lowest BCUT2D eigenvalue weighted by Gasteiger charge is -2.10. The molecule has 102 valence electrons. The summed E-state index contributed by atoms with van der Waals surface area (Å²) in [5.74, 6) is 0. The summed E-state index contributed by atoms with van der Waals surface area (Å²) in [6, 6.07) is 8.13. The lowest BCUT2D eigenvalue weighted by molar-refractivity contribution is 0.172. The van der Waals surface area contributed by atoms with Gasteiger partial charge in [-0.1, -0.05) is 41.1 Å². The summed E-state index contributed by atoms with van der Waals surface area (Å²) in [7, 11) is 0. The van der Waals surface area contributed by atoms with Gasteiger partial charge in [0.25, 0.3) is 0 Å². The third-order valence-electron chi connectivity index (χ3n) is 3.44. The molecule has 0 aliphatic carbocycles. The molecule has 3 nitrogen and oxygen atoms in total. The van der Waals surface area contributed by atoms with Crippen LogP contribution in [-0.4, -0.2) is 14.9 Å². The molecular formula is C15H19BrN2O. The van der Waals surface area contributed by atoms with Crippen molar-refractivity contribution in [2.75, 3.05) is 0 Å². The second-order valence-electron chi connectivity index (χ2n) is 4.76. The Morgan fingerprint density at radius 2 is 2.00 bits per heavy atom. The van der Waals surface area contributed by atoms with E-state index in [0.717, 1.165) is 21.4 Å². The maximum absolute atomic E-state index is 10.1. The zero-order chi connectivity index (χ0) is 14.0. The highest BCUT2D eigenvalue weighted by Gasteiger charge is 2.17. The van der Waals surface area contributed by atoms with Crippen LogP contribution in [0.15, 0.2) is 28.7 Å². The Kier molecular flexibility index (Phi) is 4.42. The number of aliphatic hydroxyl groups excluding tert-OH is 1. The van der Waals surface area contributed by atoms with Gasteiger partial charge in [-0.3, -0.25) is 4.68 Å². The van der Waals surface area contributed by atoms with E-state index in [0.29, 0.717) is 13.0 Å². The molecule has 1 aromatic carbocycles. The smallest absolute Gasteiger partial charge is 0.0823 e. The minimum atomic E-state index is -0.423. The first-order chi connectivity index (χ1) is 9.04. The predicted molar refractivity (Wildman–Crippen MR) is 80.2 cm³/mol. The fourth-order valence-corrected chi connectivity index (χ4v) is 2.75. The molecule has 19 heavy (non-hydrogen) atoms. The molecule has 1 heterocycles. The van der Waals surface area contributed by atoms with Gasteiger partial charge in [0, 0.05) is 15.7 Å². The lowest BCUT2D eigenvalue weighted by atomic mass is 10.1. The first kappa shape index (κ1) is 14.3. The second kappa shape index (κ2) is 5.88. The molecule has 0 saturated heterocycles. The summed E-state index contributed by atoms with van der Waals surface area (Å²) in [6.07, 6.45) is 0.288. The number of hydrogen-bond donors (Lipinski definition) is 1. The molecule has 2 aromatic rings. The van der Waals surface area contributed by atoms with Crippen LogP contribution in [0, 0.1) is 13.8 Å². The molecule has 1 N–H and O–H groups in total. The summed E-state index contributed by atoms with van der Waals surface area (Å²) in [6.45, 7) is 6.67. The first-order valence-electron chi connectivity index (χ1n) is 6.50. The number of aliphatic hydroxyl groups is 1. The Balaban J connectivity index is 2.35. The molecule has 4 heteroatoms. The van der Waals surface area contributed by atoms with Crippen molar-refractivity contribution >= 4 is 15.9 Å². The van der Waals surface area contributed by atoms with Crippen LogP contribution in [0.5, 0.6) is 0 Å². The number of aromatic nitrogens is 2. The summed E-state index contributed by atoms with van der Waals surface area (Å²) in [5.41, 5.74) is 4.11. The first-order valence-corrected chi connectivity index (χ1v) is 7.29. The van der Waals surface area contributed by atoms with E-state index in [-0.39, 0.29) is 0 Å². The van der Waals surface area contributed by atoms with Crippen LogP contribution in [0.25, 0.3) is 0 Å². The van der Waals surface area contributed by atoms with Crippen molar-refractivity contribution < 1.29 is 5.11 Å². The van der Waals surface area contributed by atoms with Crippen LogP contribution in [0.3, 0.4) is 0 Å². The van der Waals surface area contributed by atoms with E-state index >= 15 is 0 Å². The van der Waals surface area contributed by atoms with Crippen LogP contribution in [0.4, 0.5) is 0 Å². The van der Waals surface area contributed by atoms with E-state index in [2.05, 4.69) is 27.1 Å². The fraction of sp³-hybridized carbons (Fsp3) is 0.400. The Morgan fingerprint density at radius 3 is 2.63 bits per heavy atom. The zero-order valence-electron chi connectivity index (χ0n) is 11.5. The third-order valence-corrected chi connectivity index (χ3v) is 4.21. The summed E-state index contributed by atoms with van der Waals surface area (Å²) in [5, 5.41) is 14.6. The standard InChI is InChI=1S/C15H19BrN2O/c1-4-14(19)15-10(2)17-18(11(15)3)9-12-7-5-6-8-13(12)16/h5-8,14,19H,4,9H2,1-3H3. The van der Waals surface area contributed by atoms with Crippen LogP contribution in [-0.2, 0) is 6.54 Å². The van der Waals surface area contributed by atoms with E-state index < -0.39 is 6.10 Å². The highest BCUT2D eigenvalue weighted by molar-refractivity contribution is 9.10. The third kappa shape index (κ3) is 2.90. The topological polar surface area (TPSA) is 38.1 Å². The minimum Gasteiger partial charge on any atom is -0.388 e. The highest BCUT2D eigenvalue weighted by Crippen LogP contribution is 2.25. The predicted octanol–water partition coefficient (Wildman–Crippen LogP) is 3.75.